The van der Waals surface area contributed by atoms with Crippen molar-refractivity contribution in [1.29, 1.82) is 5.41 Å². The number of halogens is 1. The van der Waals surface area contributed by atoms with Crippen LogP contribution >= 0.6 is 12.4 Å². The van der Waals surface area contributed by atoms with E-state index in [9.17, 15) is 8.42 Å². The first-order chi connectivity index (χ1) is 5.01. The van der Waals surface area contributed by atoms with E-state index in [1.165, 1.54) is 0 Å². The second-order valence-electron chi connectivity index (χ2n) is 2.88. The summed E-state index contributed by atoms with van der Waals surface area (Å²) >= 11 is 0. The van der Waals surface area contributed by atoms with Crippen LogP contribution in [0.5, 0.6) is 0 Å². The van der Waals surface area contributed by atoms with Crippen LogP contribution in [0, 0.1) is 11.3 Å². The van der Waals surface area contributed by atoms with Gasteiger partial charge in [0.25, 0.3) is 0 Å². The van der Waals surface area contributed by atoms with Gasteiger partial charge in [-0.25, -0.2) is 8.42 Å². The van der Waals surface area contributed by atoms with Crippen molar-refractivity contribution in [3.63, 3.8) is 0 Å². The second kappa shape index (κ2) is 4.09. The van der Waals surface area contributed by atoms with Gasteiger partial charge in [0.1, 0.15) is 9.84 Å². The Hall–Kier alpha value is -0.290. The van der Waals surface area contributed by atoms with Crippen molar-refractivity contribution in [2.45, 2.75) is 12.8 Å². The van der Waals surface area contributed by atoms with E-state index >= 15 is 0 Å². The third-order valence-electron chi connectivity index (χ3n) is 1.99. The van der Waals surface area contributed by atoms with E-state index in [0.717, 1.165) is 0 Å². The Morgan fingerprint density at radius 1 is 1.33 bits per heavy atom. The summed E-state index contributed by atoms with van der Waals surface area (Å²) in [5, 5.41) is 7.10. The molecule has 1 heterocycles. The lowest BCUT2D eigenvalue weighted by Crippen LogP contribution is -2.31. The lowest BCUT2D eigenvalue weighted by atomic mass is 10.0. The van der Waals surface area contributed by atoms with Gasteiger partial charge in [-0.15, -0.1) is 12.4 Å². The van der Waals surface area contributed by atoms with E-state index in [2.05, 4.69) is 0 Å². The fourth-order valence-corrected chi connectivity index (χ4v) is 2.69. The van der Waals surface area contributed by atoms with Crippen molar-refractivity contribution in [3.05, 3.63) is 0 Å². The fraction of sp³-hybridized carbons (Fsp3) is 0.833. The number of sulfone groups is 1. The van der Waals surface area contributed by atoms with Crippen LogP contribution in [-0.2, 0) is 9.84 Å². The normalized spacial score (nSPS) is 22.7. The first-order valence-corrected chi connectivity index (χ1v) is 5.38. The van der Waals surface area contributed by atoms with Crippen LogP contribution in [0.4, 0.5) is 0 Å². The summed E-state index contributed by atoms with van der Waals surface area (Å²) in [6, 6.07) is 0. The molecule has 1 saturated heterocycles. The van der Waals surface area contributed by atoms with Crippen LogP contribution in [0.3, 0.4) is 0 Å². The van der Waals surface area contributed by atoms with Crippen LogP contribution in [0.2, 0.25) is 0 Å². The Morgan fingerprint density at radius 2 is 1.75 bits per heavy atom. The number of hydrogen-bond donors (Lipinski definition) is 2. The zero-order valence-corrected chi connectivity index (χ0v) is 8.25. The first kappa shape index (κ1) is 11.7. The topological polar surface area (TPSA) is 84.0 Å². The predicted molar refractivity (Wildman–Crippen MR) is 50.5 cm³/mol. The molecule has 3 N–H and O–H groups in total. The molecule has 0 amide bonds. The Bertz CT molecular complexity index is 249. The Kier molecular flexibility index (Phi) is 3.99. The maximum atomic E-state index is 10.9. The van der Waals surface area contributed by atoms with Crippen LogP contribution < -0.4 is 5.73 Å². The standard InChI is InChI=1S/C6H12N2O2S.ClH/c7-6(8)5-1-3-11(9,10)4-2-5;/h5H,1-4H2,(H3,7,8);1H. The molecule has 1 aliphatic heterocycles. The van der Waals surface area contributed by atoms with E-state index in [4.69, 9.17) is 11.1 Å². The molecule has 0 aliphatic carbocycles. The Balaban J connectivity index is 0.00000121. The van der Waals surface area contributed by atoms with Crippen molar-refractivity contribution < 1.29 is 8.42 Å². The number of rotatable bonds is 1. The van der Waals surface area contributed by atoms with E-state index in [1.807, 2.05) is 0 Å². The van der Waals surface area contributed by atoms with Gasteiger partial charge in [-0.1, -0.05) is 0 Å². The molecule has 0 spiro atoms. The second-order valence-corrected chi connectivity index (χ2v) is 5.19. The summed E-state index contributed by atoms with van der Waals surface area (Å²) in [5.74, 6) is 0.507. The number of nitrogens with one attached hydrogen (secondary N) is 1. The number of amidine groups is 1. The minimum Gasteiger partial charge on any atom is -0.387 e. The van der Waals surface area contributed by atoms with Crippen molar-refractivity contribution in [2.24, 2.45) is 11.7 Å². The highest BCUT2D eigenvalue weighted by Gasteiger charge is 2.24. The largest absolute Gasteiger partial charge is 0.387 e. The predicted octanol–water partition coefficient (Wildman–Crippen LogP) is 0.169. The van der Waals surface area contributed by atoms with Gasteiger partial charge in [-0.2, -0.15) is 0 Å². The molecule has 0 aromatic carbocycles. The first-order valence-electron chi connectivity index (χ1n) is 3.55. The molecule has 0 atom stereocenters. The average Bonchev–Trinajstić information content (AvgIpc) is 1.86. The molecule has 0 saturated carbocycles. The maximum absolute atomic E-state index is 10.9. The van der Waals surface area contributed by atoms with Crippen molar-refractivity contribution in [3.8, 4) is 0 Å². The zero-order chi connectivity index (χ0) is 8.48. The van der Waals surface area contributed by atoms with Crippen molar-refractivity contribution in [1.82, 2.24) is 0 Å². The summed E-state index contributed by atoms with van der Waals surface area (Å²) in [5.41, 5.74) is 5.24. The highest BCUT2D eigenvalue weighted by molar-refractivity contribution is 7.91. The molecule has 0 unspecified atom stereocenters. The minimum absolute atomic E-state index is 0. The van der Waals surface area contributed by atoms with Gasteiger partial charge in [0.05, 0.1) is 17.3 Å². The molecular formula is C6H13ClN2O2S. The number of nitrogens with two attached hydrogens (primary N) is 1. The quantitative estimate of drug-likeness (QED) is 0.480. The Morgan fingerprint density at radius 3 is 2.08 bits per heavy atom. The van der Waals surface area contributed by atoms with Gasteiger partial charge in [-0.3, -0.25) is 5.41 Å². The molecule has 6 heteroatoms. The molecule has 1 fully saturated rings. The highest BCUT2D eigenvalue weighted by Crippen LogP contribution is 2.17. The summed E-state index contributed by atoms with van der Waals surface area (Å²) in [6.45, 7) is 0. The van der Waals surface area contributed by atoms with Gasteiger partial charge < -0.3 is 5.73 Å². The third kappa shape index (κ3) is 2.98. The summed E-state index contributed by atoms with van der Waals surface area (Å²) < 4.78 is 21.8. The molecule has 12 heavy (non-hydrogen) atoms. The van der Waals surface area contributed by atoms with Crippen LogP contribution in [-0.4, -0.2) is 25.8 Å². The highest BCUT2D eigenvalue weighted by atomic mass is 35.5. The Labute approximate surface area is 78.4 Å². The average molecular weight is 213 g/mol. The van der Waals surface area contributed by atoms with E-state index in [0.29, 0.717) is 12.8 Å². The van der Waals surface area contributed by atoms with E-state index in [-0.39, 0.29) is 35.7 Å². The minimum atomic E-state index is -2.80. The fourth-order valence-electron chi connectivity index (χ4n) is 1.20. The van der Waals surface area contributed by atoms with Crippen LogP contribution in [0.25, 0.3) is 0 Å². The van der Waals surface area contributed by atoms with Crippen LogP contribution in [0.15, 0.2) is 0 Å². The SMILES string of the molecule is Cl.N=C(N)C1CCS(=O)(=O)CC1. The lowest BCUT2D eigenvalue weighted by Gasteiger charge is -2.19. The maximum Gasteiger partial charge on any atom is 0.150 e. The summed E-state index contributed by atoms with van der Waals surface area (Å²) in [4.78, 5) is 0. The molecule has 4 nitrogen and oxygen atoms in total. The summed E-state index contributed by atoms with van der Waals surface area (Å²) in [6.07, 6.45) is 1.05. The molecule has 0 aromatic rings. The van der Waals surface area contributed by atoms with Crippen LogP contribution in [0.1, 0.15) is 12.8 Å². The molecule has 0 radical (unpaired) electrons. The lowest BCUT2D eigenvalue weighted by molar-refractivity contribution is 0.547. The van der Waals surface area contributed by atoms with Gasteiger partial charge in [-0.05, 0) is 12.8 Å². The zero-order valence-electron chi connectivity index (χ0n) is 6.62. The molecule has 1 aliphatic rings. The third-order valence-corrected chi connectivity index (χ3v) is 3.71. The van der Waals surface area contributed by atoms with Gasteiger partial charge >= 0.3 is 0 Å². The summed E-state index contributed by atoms with van der Waals surface area (Å²) in [7, 11) is -2.80. The van der Waals surface area contributed by atoms with E-state index in [1.54, 1.807) is 0 Å². The smallest absolute Gasteiger partial charge is 0.150 e. The molecule has 0 aromatic heterocycles. The molecular weight excluding hydrogens is 200 g/mol. The monoisotopic (exact) mass is 212 g/mol. The van der Waals surface area contributed by atoms with Crippen molar-refractivity contribution in [2.75, 3.05) is 11.5 Å². The molecule has 0 bridgehead atoms. The van der Waals surface area contributed by atoms with Gasteiger partial charge in [0.2, 0.25) is 0 Å². The molecule has 1 rings (SSSR count). The number of hydrogen-bond acceptors (Lipinski definition) is 3. The van der Waals surface area contributed by atoms with Gasteiger partial charge in [0, 0.05) is 5.92 Å². The van der Waals surface area contributed by atoms with Gasteiger partial charge in [0.15, 0.2) is 0 Å². The molecule has 72 valence electrons. The van der Waals surface area contributed by atoms with Crippen molar-refractivity contribution >= 4 is 28.1 Å². The van der Waals surface area contributed by atoms with E-state index < -0.39 is 9.84 Å².